The molecule has 1 aliphatic rings. The first kappa shape index (κ1) is 20.1. The van der Waals surface area contributed by atoms with Gasteiger partial charge in [0.25, 0.3) is 5.91 Å². The molecule has 2 unspecified atom stereocenters. The Kier molecular flexibility index (Phi) is 5.84. The van der Waals surface area contributed by atoms with Gasteiger partial charge in [0.15, 0.2) is 9.84 Å². The quantitative estimate of drug-likeness (QED) is 0.833. The van der Waals surface area contributed by atoms with Crippen molar-refractivity contribution in [1.29, 1.82) is 0 Å². The monoisotopic (exact) mass is 400 g/mol. The Balaban J connectivity index is 1.73. The van der Waals surface area contributed by atoms with Crippen LogP contribution in [0.2, 0.25) is 0 Å². The minimum Gasteiger partial charge on any atom is -0.369 e. The number of carbonyl (C=O) groups excluding carboxylic acids is 2. The number of benzene rings is 2. The van der Waals surface area contributed by atoms with Gasteiger partial charge in [-0.1, -0.05) is 30.3 Å². The molecule has 1 saturated heterocycles. The van der Waals surface area contributed by atoms with Crippen LogP contribution in [-0.4, -0.2) is 37.7 Å². The normalized spacial score (nSPS) is 20.0. The van der Waals surface area contributed by atoms with Gasteiger partial charge in [0, 0.05) is 18.2 Å². The average molecular weight is 401 g/mol. The van der Waals surface area contributed by atoms with Crippen molar-refractivity contribution in [3.63, 3.8) is 0 Å². The number of nitrogens with zero attached hydrogens (tertiary/aromatic N) is 1. The van der Waals surface area contributed by atoms with Crippen molar-refractivity contribution in [2.45, 2.75) is 36.5 Å². The zero-order valence-corrected chi connectivity index (χ0v) is 16.6. The maximum Gasteiger partial charge on any atom is 0.254 e. The molecule has 0 spiro atoms. The standard InChI is InChI=1S/C21H24N2O4S/c1-15-7-10-18(20(22)24)13-23(15)21(25)17-11-8-16(9-12-17)14-28(26,27)19-5-3-2-4-6-19/h2-6,8-9,11-12,15,18H,7,10,13-14H2,1H3,(H2,22,24). The van der Waals surface area contributed by atoms with Gasteiger partial charge in [0.05, 0.1) is 16.6 Å². The van der Waals surface area contributed by atoms with Crippen molar-refractivity contribution >= 4 is 21.7 Å². The Morgan fingerprint density at radius 1 is 1.04 bits per heavy atom. The van der Waals surface area contributed by atoms with Gasteiger partial charge in [-0.3, -0.25) is 9.59 Å². The second kappa shape index (κ2) is 8.14. The number of likely N-dealkylation sites (tertiary alicyclic amines) is 1. The van der Waals surface area contributed by atoms with Crippen LogP contribution in [0.3, 0.4) is 0 Å². The minimum atomic E-state index is -3.44. The van der Waals surface area contributed by atoms with Gasteiger partial charge in [-0.05, 0) is 49.6 Å². The van der Waals surface area contributed by atoms with Crippen molar-refractivity contribution in [1.82, 2.24) is 4.90 Å². The third-order valence-electron chi connectivity index (χ3n) is 5.21. The number of nitrogens with two attached hydrogens (primary N) is 1. The van der Waals surface area contributed by atoms with Gasteiger partial charge in [-0.15, -0.1) is 0 Å². The van der Waals surface area contributed by atoms with Crippen molar-refractivity contribution < 1.29 is 18.0 Å². The number of amides is 2. The van der Waals surface area contributed by atoms with E-state index in [0.29, 0.717) is 24.1 Å². The first-order valence-electron chi connectivity index (χ1n) is 9.25. The van der Waals surface area contributed by atoms with E-state index in [9.17, 15) is 18.0 Å². The summed E-state index contributed by atoms with van der Waals surface area (Å²) in [6.07, 6.45) is 1.42. The highest BCUT2D eigenvalue weighted by atomic mass is 32.2. The topological polar surface area (TPSA) is 97.5 Å². The minimum absolute atomic E-state index is 0.0289. The molecule has 1 aliphatic heterocycles. The van der Waals surface area contributed by atoms with E-state index in [1.165, 1.54) is 0 Å². The summed E-state index contributed by atoms with van der Waals surface area (Å²) in [6.45, 7) is 2.27. The average Bonchev–Trinajstić information content (AvgIpc) is 2.68. The fraction of sp³-hybridized carbons (Fsp3) is 0.333. The Bertz CT molecular complexity index is 956. The Morgan fingerprint density at radius 2 is 1.68 bits per heavy atom. The molecule has 0 saturated carbocycles. The highest BCUT2D eigenvalue weighted by Gasteiger charge is 2.32. The van der Waals surface area contributed by atoms with Gasteiger partial charge in [-0.25, -0.2) is 8.42 Å². The van der Waals surface area contributed by atoms with E-state index < -0.39 is 9.84 Å². The fourth-order valence-electron chi connectivity index (χ4n) is 3.46. The van der Waals surface area contributed by atoms with E-state index in [2.05, 4.69) is 0 Å². The largest absolute Gasteiger partial charge is 0.369 e. The van der Waals surface area contributed by atoms with E-state index in [-0.39, 0.29) is 34.4 Å². The number of rotatable bonds is 5. The van der Waals surface area contributed by atoms with Crippen LogP contribution in [0.15, 0.2) is 59.5 Å². The number of primary amides is 1. The molecule has 1 fully saturated rings. The fourth-order valence-corrected chi connectivity index (χ4v) is 4.83. The van der Waals surface area contributed by atoms with Crippen LogP contribution >= 0.6 is 0 Å². The zero-order valence-electron chi connectivity index (χ0n) is 15.7. The van der Waals surface area contributed by atoms with E-state index in [0.717, 1.165) is 6.42 Å². The molecule has 2 atom stereocenters. The molecule has 28 heavy (non-hydrogen) atoms. The van der Waals surface area contributed by atoms with Gasteiger partial charge in [0.1, 0.15) is 0 Å². The molecule has 2 amide bonds. The Morgan fingerprint density at radius 3 is 2.29 bits per heavy atom. The van der Waals surface area contributed by atoms with Crippen LogP contribution in [0.5, 0.6) is 0 Å². The maximum absolute atomic E-state index is 12.9. The van der Waals surface area contributed by atoms with Gasteiger partial charge < -0.3 is 10.6 Å². The smallest absolute Gasteiger partial charge is 0.254 e. The second-order valence-electron chi connectivity index (χ2n) is 7.25. The number of piperidine rings is 1. The zero-order chi connectivity index (χ0) is 20.3. The van der Waals surface area contributed by atoms with E-state index in [1.54, 1.807) is 59.5 Å². The van der Waals surface area contributed by atoms with E-state index in [4.69, 9.17) is 5.73 Å². The number of hydrogen-bond donors (Lipinski definition) is 1. The SMILES string of the molecule is CC1CCC(C(N)=O)CN1C(=O)c1ccc(CS(=O)(=O)c2ccccc2)cc1. The van der Waals surface area contributed by atoms with Crippen molar-refractivity contribution in [2.24, 2.45) is 11.7 Å². The summed E-state index contributed by atoms with van der Waals surface area (Å²) < 4.78 is 25.0. The molecule has 3 rings (SSSR count). The number of carbonyl (C=O) groups is 2. The maximum atomic E-state index is 12.9. The van der Waals surface area contributed by atoms with Crippen molar-refractivity contribution in [2.75, 3.05) is 6.54 Å². The first-order chi connectivity index (χ1) is 13.3. The van der Waals surface area contributed by atoms with Crippen LogP contribution in [0, 0.1) is 5.92 Å². The van der Waals surface area contributed by atoms with Crippen molar-refractivity contribution in [3.05, 3.63) is 65.7 Å². The lowest BCUT2D eigenvalue weighted by molar-refractivity contribution is -0.123. The molecule has 0 aliphatic carbocycles. The van der Waals surface area contributed by atoms with E-state index >= 15 is 0 Å². The molecule has 2 aromatic carbocycles. The number of sulfone groups is 1. The van der Waals surface area contributed by atoms with Crippen LogP contribution in [-0.2, 0) is 20.4 Å². The summed E-state index contributed by atoms with van der Waals surface area (Å²) in [5.74, 6) is -1.01. The molecule has 0 aromatic heterocycles. The molecule has 0 bridgehead atoms. The lowest BCUT2D eigenvalue weighted by atomic mass is 9.92. The summed E-state index contributed by atoms with van der Waals surface area (Å²) in [5, 5.41) is 0. The predicted molar refractivity (Wildman–Crippen MR) is 106 cm³/mol. The third kappa shape index (κ3) is 4.42. The van der Waals surface area contributed by atoms with Crippen LogP contribution in [0.1, 0.15) is 35.7 Å². The molecule has 2 aromatic rings. The van der Waals surface area contributed by atoms with Crippen LogP contribution in [0.25, 0.3) is 0 Å². The lowest BCUT2D eigenvalue weighted by Gasteiger charge is -2.37. The highest BCUT2D eigenvalue weighted by molar-refractivity contribution is 7.90. The van der Waals surface area contributed by atoms with Gasteiger partial charge in [0.2, 0.25) is 5.91 Å². The summed E-state index contributed by atoms with van der Waals surface area (Å²) in [6, 6.07) is 14.9. The molecule has 2 N–H and O–H groups in total. The summed E-state index contributed by atoms with van der Waals surface area (Å²) in [5.41, 5.74) is 6.49. The first-order valence-corrected chi connectivity index (χ1v) is 10.9. The molecular weight excluding hydrogens is 376 g/mol. The second-order valence-corrected chi connectivity index (χ2v) is 9.24. The summed E-state index contributed by atoms with van der Waals surface area (Å²) in [4.78, 5) is 26.3. The molecule has 7 heteroatoms. The lowest BCUT2D eigenvalue weighted by Crippen LogP contribution is -2.48. The molecule has 148 valence electrons. The number of hydrogen-bond acceptors (Lipinski definition) is 4. The van der Waals surface area contributed by atoms with E-state index in [1.807, 2.05) is 6.92 Å². The molecule has 0 radical (unpaired) electrons. The van der Waals surface area contributed by atoms with Crippen molar-refractivity contribution in [3.8, 4) is 0 Å². The summed E-state index contributed by atoms with van der Waals surface area (Å²) in [7, 11) is -3.44. The Labute approximate surface area is 165 Å². The molecule has 1 heterocycles. The Hall–Kier alpha value is -2.67. The molecular formula is C21H24N2O4S. The van der Waals surface area contributed by atoms with Crippen LogP contribution in [0.4, 0.5) is 0 Å². The van der Waals surface area contributed by atoms with Crippen LogP contribution < -0.4 is 5.73 Å². The third-order valence-corrected chi connectivity index (χ3v) is 6.91. The summed E-state index contributed by atoms with van der Waals surface area (Å²) >= 11 is 0. The highest BCUT2D eigenvalue weighted by Crippen LogP contribution is 2.24. The van der Waals surface area contributed by atoms with Gasteiger partial charge in [-0.2, -0.15) is 0 Å². The predicted octanol–water partition coefficient (Wildman–Crippen LogP) is 2.39. The molecule has 6 nitrogen and oxygen atoms in total. The van der Waals surface area contributed by atoms with Gasteiger partial charge >= 0.3 is 0 Å².